The first-order valence-corrected chi connectivity index (χ1v) is 10.5. The van der Waals surface area contributed by atoms with Gasteiger partial charge in [-0.15, -0.1) is 0 Å². The number of hydrogen-bond acceptors (Lipinski definition) is 4. The van der Waals surface area contributed by atoms with Gasteiger partial charge >= 0.3 is 5.97 Å². The van der Waals surface area contributed by atoms with Crippen LogP contribution in [0.25, 0.3) is 22.0 Å². The summed E-state index contributed by atoms with van der Waals surface area (Å²) in [5.41, 5.74) is 5.03. The molecule has 0 aliphatic carbocycles. The largest absolute Gasteiger partial charge is 0.480 e. The van der Waals surface area contributed by atoms with Crippen molar-refractivity contribution in [3.8, 4) is 11.1 Å². The molecule has 0 spiro atoms. The summed E-state index contributed by atoms with van der Waals surface area (Å²) in [5, 5.41) is 16.2. The maximum absolute atomic E-state index is 14.0. The highest BCUT2D eigenvalue weighted by Crippen LogP contribution is 2.33. The zero-order chi connectivity index (χ0) is 22.5. The molecule has 32 heavy (non-hydrogen) atoms. The predicted molar refractivity (Wildman–Crippen MR) is 125 cm³/mol. The van der Waals surface area contributed by atoms with Crippen molar-refractivity contribution in [2.75, 3.05) is 11.9 Å². The number of anilines is 1. The molecule has 1 heterocycles. The van der Waals surface area contributed by atoms with E-state index in [9.17, 15) is 9.18 Å². The van der Waals surface area contributed by atoms with Gasteiger partial charge in [0.05, 0.1) is 22.8 Å². The second kappa shape index (κ2) is 9.77. The van der Waals surface area contributed by atoms with E-state index in [1.54, 1.807) is 24.4 Å². The lowest BCUT2D eigenvalue weighted by Crippen LogP contribution is -2.21. The van der Waals surface area contributed by atoms with Crippen molar-refractivity contribution in [3.63, 3.8) is 0 Å². The fourth-order valence-electron chi connectivity index (χ4n) is 3.48. The van der Waals surface area contributed by atoms with E-state index < -0.39 is 5.97 Å². The fourth-order valence-corrected chi connectivity index (χ4v) is 3.70. The molecule has 0 atom stereocenters. The van der Waals surface area contributed by atoms with E-state index in [0.717, 1.165) is 27.6 Å². The molecular formula is C25H21ClFN3O2. The maximum Gasteiger partial charge on any atom is 0.317 e. The van der Waals surface area contributed by atoms with Gasteiger partial charge in [-0.05, 0) is 34.9 Å². The number of carbonyl (C=O) groups is 1. The van der Waals surface area contributed by atoms with Crippen molar-refractivity contribution in [3.05, 3.63) is 94.9 Å². The zero-order valence-corrected chi connectivity index (χ0v) is 17.9. The first-order chi connectivity index (χ1) is 15.5. The average Bonchev–Trinajstić information content (AvgIpc) is 2.79. The number of halogens is 2. The van der Waals surface area contributed by atoms with Crippen molar-refractivity contribution in [2.45, 2.75) is 13.1 Å². The Morgan fingerprint density at radius 2 is 1.75 bits per heavy atom. The summed E-state index contributed by atoms with van der Waals surface area (Å²) < 4.78 is 14.0. The molecule has 3 aromatic carbocycles. The van der Waals surface area contributed by atoms with Gasteiger partial charge < -0.3 is 15.7 Å². The minimum atomic E-state index is -0.885. The SMILES string of the molecule is O=C(O)CNCc1ccc(-c2ccc3ncc(Cl)c(NCc4ccccc4F)c3c2)cc1. The number of nitrogens with one attached hydrogen (secondary N) is 2. The molecule has 7 heteroatoms. The molecule has 0 saturated heterocycles. The summed E-state index contributed by atoms with van der Waals surface area (Å²) in [7, 11) is 0. The minimum Gasteiger partial charge on any atom is -0.480 e. The Morgan fingerprint density at radius 1 is 1.00 bits per heavy atom. The lowest BCUT2D eigenvalue weighted by Gasteiger charge is -2.13. The number of carboxylic acid groups (broad SMARTS) is 1. The lowest BCUT2D eigenvalue weighted by atomic mass is 10.0. The van der Waals surface area contributed by atoms with Crippen LogP contribution in [0, 0.1) is 5.82 Å². The van der Waals surface area contributed by atoms with Crippen LogP contribution in [0.3, 0.4) is 0 Å². The Kier molecular flexibility index (Phi) is 6.63. The summed E-state index contributed by atoms with van der Waals surface area (Å²) >= 11 is 6.43. The topological polar surface area (TPSA) is 74.2 Å². The van der Waals surface area contributed by atoms with Crippen LogP contribution in [0.5, 0.6) is 0 Å². The van der Waals surface area contributed by atoms with Gasteiger partial charge in [-0.2, -0.15) is 0 Å². The molecule has 5 nitrogen and oxygen atoms in total. The van der Waals surface area contributed by atoms with Crippen LogP contribution in [-0.4, -0.2) is 22.6 Å². The molecule has 0 amide bonds. The monoisotopic (exact) mass is 449 g/mol. The van der Waals surface area contributed by atoms with Gasteiger partial charge in [-0.25, -0.2) is 4.39 Å². The Hall–Kier alpha value is -3.48. The lowest BCUT2D eigenvalue weighted by molar-refractivity contribution is -0.135. The standard InChI is InChI=1S/C25H21ClFN3O2/c26-21-14-29-23-10-9-18(17-7-5-16(6-8-17)12-28-15-24(31)32)11-20(23)25(21)30-13-19-3-1-2-4-22(19)27/h1-11,14,28H,12-13,15H2,(H,29,30)(H,31,32). The molecule has 1 aromatic heterocycles. The number of benzene rings is 3. The van der Waals surface area contributed by atoms with Crippen LogP contribution < -0.4 is 10.6 Å². The second-order valence-electron chi connectivity index (χ2n) is 7.35. The van der Waals surface area contributed by atoms with Gasteiger partial charge in [0.1, 0.15) is 5.82 Å². The van der Waals surface area contributed by atoms with Gasteiger partial charge in [0.2, 0.25) is 0 Å². The molecule has 0 unspecified atom stereocenters. The number of rotatable bonds is 8. The van der Waals surface area contributed by atoms with E-state index in [4.69, 9.17) is 16.7 Å². The molecular weight excluding hydrogens is 429 g/mol. The Labute approximate surface area is 189 Å². The van der Waals surface area contributed by atoms with Gasteiger partial charge in [0.15, 0.2) is 0 Å². The second-order valence-corrected chi connectivity index (χ2v) is 7.76. The van der Waals surface area contributed by atoms with Crippen molar-refractivity contribution in [2.24, 2.45) is 0 Å². The normalized spacial score (nSPS) is 10.9. The predicted octanol–water partition coefficient (Wildman–Crippen LogP) is 5.48. The highest BCUT2D eigenvalue weighted by molar-refractivity contribution is 6.34. The average molecular weight is 450 g/mol. The maximum atomic E-state index is 14.0. The summed E-state index contributed by atoms with van der Waals surface area (Å²) in [6, 6.07) is 20.4. The van der Waals surface area contributed by atoms with E-state index in [-0.39, 0.29) is 12.4 Å². The summed E-state index contributed by atoms with van der Waals surface area (Å²) in [6.07, 6.45) is 1.59. The third-order valence-corrected chi connectivity index (χ3v) is 5.41. The van der Waals surface area contributed by atoms with Gasteiger partial charge in [0.25, 0.3) is 0 Å². The van der Waals surface area contributed by atoms with Crippen molar-refractivity contribution in [1.82, 2.24) is 10.3 Å². The van der Waals surface area contributed by atoms with Crippen LogP contribution >= 0.6 is 11.6 Å². The third kappa shape index (κ3) is 5.04. The molecule has 162 valence electrons. The van der Waals surface area contributed by atoms with Crippen molar-refractivity contribution >= 4 is 34.2 Å². The third-order valence-electron chi connectivity index (χ3n) is 5.13. The Bertz CT molecular complexity index is 1260. The van der Waals surface area contributed by atoms with E-state index in [0.29, 0.717) is 29.4 Å². The first kappa shape index (κ1) is 21.7. The van der Waals surface area contributed by atoms with Crippen LogP contribution in [0.15, 0.2) is 72.9 Å². The van der Waals surface area contributed by atoms with Crippen molar-refractivity contribution < 1.29 is 14.3 Å². The minimum absolute atomic E-state index is 0.0805. The number of fused-ring (bicyclic) bond motifs is 1. The number of aromatic nitrogens is 1. The van der Waals surface area contributed by atoms with E-state index in [1.165, 1.54) is 6.07 Å². The summed E-state index contributed by atoms with van der Waals surface area (Å²) in [6.45, 7) is 0.699. The summed E-state index contributed by atoms with van der Waals surface area (Å²) in [4.78, 5) is 15.0. The summed E-state index contributed by atoms with van der Waals surface area (Å²) in [5.74, 6) is -1.16. The number of carboxylic acids is 1. The van der Waals surface area contributed by atoms with Gasteiger partial charge in [0, 0.05) is 30.2 Å². The molecule has 4 aromatic rings. The van der Waals surface area contributed by atoms with Gasteiger partial charge in [-0.3, -0.25) is 9.78 Å². The quantitative estimate of drug-likeness (QED) is 0.332. The molecule has 0 aliphatic rings. The van der Waals surface area contributed by atoms with E-state index in [1.807, 2.05) is 42.5 Å². The number of aliphatic carboxylic acids is 1. The smallest absolute Gasteiger partial charge is 0.317 e. The molecule has 3 N–H and O–H groups in total. The molecule has 0 radical (unpaired) electrons. The van der Waals surface area contributed by atoms with Crippen LogP contribution in [-0.2, 0) is 17.9 Å². The molecule has 0 bridgehead atoms. The van der Waals surface area contributed by atoms with Crippen LogP contribution in [0.4, 0.5) is 10.1 Å². The highest BCUT2D eigenvalue weighted by atomic mass is 35.5. The van der Waals surface area contributed by atoms with E-state index >= 15 is 0 Å². The number of nitrogens with zero attached hydrogens (tertiary/aromatic N) is 1. The van der Waals surface area contributed by atoms with E-state index in [2.05, 4.69) is 15.6 Å². The molecule has 4 rings (SSSR count). The Morgan fingerprint density at radius 3 is 2.50 bits per heavy atom. The molecule has 0 saturated carbocycles. The highest BCUT2D eigenvalue weighted by Gasteiger charge is 2.10. The first-order valence-electron chi connectivity index (χ1n) is 10.1. The Balaban J connectivity index is 1.59. The van der Waals surface area contributed by atoms with Gasteiger partial charge in [-0.1, -0.05) is 60.1 Å². The fraction of sp³-hybridized carbons (Fsp3) is 0.120. The number of pyridine rings is 1. The number of hydrogen-bond donors (Lipinski definition) is 3. The van der Waals surface area contributed by atoms with Crippen LogP contribution in [0.2, 0.25) is 5.02 Å². The van der Waals surface area contributed by atoms with Crippen LogP contribution in [0.1, 0.15) is 11.1 Å². The zero-order valence-electron chi connectivity index (χ0n) is 17.1. The molecule has 0 fully saturated rings. The van der Waals surface area contributed by atoms with Crippen molar-refractivity contribution in [1.29, 1.82) is 0 Å². The molecule has 0 aliphatic heterocycles.